The fourth-order valence-corrected chi connectivity index (χ4v) is 6.37. The molecule has 2 aliphatic heterocycles. The largest absolute Gasteiger partial charge is 0.395 e. The van der Waals surface area contributed by atoms with Crippen LogP contribution in [0.3, 0.4) is 0 Å². The molecule has 0 aliphatic carbocycles. The van der Waals surface area contributed by atoms with Crippen molar-refractivity contribution in [2.75, 3.05) is 36.0 Å². The number of aliphatic hydroxyl groups is 2. The molecule has 0 bridgehead atoms. The molecule has 0 saturated carbocycles. The third-order valence-electron chi connectivity index (χ3n) is 9.02. The van der Waals surface area contributed by atoms with Crippen LogP contribution in [-0.2, 0) is 28.3 Å². The van der Waals surface area contributed by atoms with E-state index in [4.69, 9.17) is 0 Å². The van der Waals surface area contributed by atoms with Gasteiger partial charge < -0.3 is 25.3 Å². The summed E-state index contributed by atoms with van der Waals surface area (Å²) in [5.74, 6) is -1.66. The van der Waals surface area contributed by atoms with Crippen molar-refractivity contribution in [3.05, 3.63) is 124 Å². The van der Waals surface area contributed by atoms with Crippen LogP contribution < -0.4 is 15.1 Å². The van der Waals surface area contributed by atoms with Gasteiger partial charge in [0.1, 0.15) is 0 Å². The number of carbonyl (C=O) groups is 2. The van der Waals surface area contributed by atoms with Gasteiger partial charge in [-0.25, -0.2) is 0 Å². The number of allylic oxidation sites excluding steroid dienone is 1. The molecule has 3 heterocycles. The second-order valence-corrected chi connectivity index (χ2v) is 12.1. The first-order chi connectivity index (χ1) is 23.2. The Morgan fingerprint density at radius 3 is 2.67 bits per heavy atom. The summed E-state index contributed by atoms with van der Waals surface area (Å²) < 4.78 is 1.67. The maximum atomic E-state index is 14.1. The lowest BCUT2D eigenvalue weighted by atomic mass is 9.82. The van der Waals surface area contributed by atoms with E-state index in [2.05, 4.69) is 15.6 Å². The van der Waals surface area contributed by atoms with Gasteiger partial charge in [0.15, 0.2) is 5.60 Å². The average Bonchev–Trinajstić information content (AvgIpc) is 3.65. The van der Waals surface area contributed by atoms with Gasteiger partial charge in [0.25, 0.3) is 11.6 Å². The van der Waals surface area contributed by atoms with Crippen LogP contribution in [0.25, 0.3) is 0 Å². The number of aryl methyl sites for hydroxylation is 1. The molecule has 13 heteroatoms. The monoisotopic (exact) mass is 651 g/mol. The van der Waals surface area contributed by atoms with E-state index in [0.29, 0.717) is 43.1 Å². The number of carbonyl (C=O) groups excluding carboxylic acids is 2. The molecule has 2 aliphatic rings. The molecule has 6 rings (SSSR count). The molecule has 0 spiro atoms. The van der Waals surface area contributed by atoms with Gasteiger partial charge in [-0.2, -0.15) is 0 Å². The third-order valence-corrected chi connectivity index (χ3v) is 9.02. The number of nitrogens with one attached hydrogen (secondary N) is 1. The van der Waals surface area contributed by atoms with Crippen LogP contribution in [0.1, 0.15) is 41.6 Å². The number of piperazine rings is 1. The number of anilines is 2. The van der Waals surface area contributed by atoms with Gasteiger partial charge in [-0.1, -0.05) is 66.8 Å². The lowest BCUT2D eigenvalue weighted by Gasteiger charge is -2.29. The van der Waals surface area contributed by atoms with Gasteiger partial charge in [0.05, 0.1) is 41.9 Å². The first kappa shape index (κ1) is 32.7. The van der Waals surface area contributed by atoms with Crippen molar-refractivity contribution >= 4 is 28.9 Å². The van der Waals surface area contributed by atoms with Gasteiger partial charge in [-0.3, -0.25) is 24.4 Å². The summed E-state index contributed by atoms with van der Waals surface area (Å²) in [6.45, 7) is 3.61. The van der Waals surface area contributed by atoms with Crippen LogP contribution in [-0.4, -0.2) is 68.2 Å². The van der Waals surface area contributed by atoms with E-state index in [1.807, 2.05) is 60.7 Å². The number of nitrogens with zero attached hydrogens (tertiary/aromatic N) is 6. The summed E-state index contributed by atoms with van der Waals surface area (Å²) in [6, 6.07) is 21.0. The SMILES string of the molecule is C[C@@H](/C=C/CCn1cc(C(CO)c2ccccc2)nn1)[C@]1(O)C(=O)N(Cc2cccc(N3CCNCC3=O)c2)c2ccc([N+](=O)[O-])cc21. The minimum atomic E-state index is -2.05. The highest BCUT2D eigenvalue weighted by atomic mass is 16.6. The topological polar surface area (TPSA) is 167 Å². The number of aliphatic hydroxyl groups excluding tert-OH is 1. The molecule has 3 aromatic carbocycles. The summed E-state index contributed by atoms with van der Waals surface area (Å²) >= 11 is 0. The molecule has 1 saturated heterocycles. The number of amides is 2. The molecule has 13 nitrogen and oxygen atoms in total. The van der Waals surface area contributed by atoms with Gasteiger partial charge in [-0.05, 0) is 35.7 Å². The fourth-order valence-electron chi connectivity index (χ4n) is 6.37. The van der Waals surface area contributed by atoms with Crippen LogP contribution in [0, 0.1) is 16.0 Å². The number of aromatic nitrogens is 3. The number of nitro groups is 1. The summed E-state index contributed by atoms with van der Waals surface area (Å²) in [5, 5.41) is 45.2. The van der Waals surface area contributed by atoms with Crippen molar-refractivity contribution in [3.63, 3.8) is 0 Å². The molecule has 2 amide bonds. The molecule has 1 fully saturated rings. The van der Waals surface area contributed by atoms with Crippen molar-refractivity contribution in [2.45, 2.75) is 38.0 Å². The van der Waals surface area contributed by atoms with E-state index < -0.39 is 22.3 Å². The molecular formula is C35H37N7O6. The quantitative estimate of drug-likeness (QED) is 0.118. The summed E-state index contributed by atoms with van der Waals surface area (Å²) in [5.41, 5.74) is 1.33. The molecule has 4 aromatic rings. The smallest absolute Gasteiger partial charge is 0.269 e. The number of rotatable bonds is 12. The Labute approximate surface area is 277 Å². The number of hydrogen-bond donors (Lipinski definition) is 3. The Hall–Kier alpha value is -5.24. The summed E-state index contributed by atoms with van der Waals surface area (Å²) in [7, 11) is 0. The van der Waals surface area contributed by atoms with Crippen LogP contribution in [0.2, 0.25) is 0 Å². The second kappa shape index (κ2) is 13.9. The zero-order valence-corrected chi connectivity index (χ0v) is 26.5. The molecule has 0 radical (unpaired) electrons. The van der Waals surface area contributed by atoms with Crippen LogP contribution in [0.4, 0.5) is 17.1 Å². The van der Waals surface area contributed by atoms with Gasteiger partial charge in [0, 0.05) is 55.1 Å². The standard InChI is InChI=1S/C35H37N7O6/c1-24(8-5-6-16-39-22-31(37-38-39)29(23-43)26-10-3-2-4-11-26)35(46)30-19-28(42(47)48)13-14-32(30)41(34(35)45)21-25-9-7-12-27(18-25)40-17-15-36-20-33(40)44/h2-5,7-14,18-19,22,24,29,36,43,46H,6,15-17,20-21,23H2,1H3/b8-5+/t24-,29?,35+/m0/s1. The number of nitro benzene ring substituents is 1. The van der Waals surface area contributed by atoms with Gasteiger partial charge in [0.2, 0.25) is 5.91 Å². The van der Waals surface area contributed by atoms with Crippen LogP contribution in [0.15, 0.2) is 91.1 Å². The highest BCUT2D eigenvalue weighted by molar-refractivity contribution is 6.07. The summed E-state index contributed by atoms with van der Waals surface area (Å²) in [6.07, 6.45) is 5.87. The normalized spacial score (nSPS) is 19.1. The first-order valence-electron chi connectivity index (χ1n) is 15.9. The maximum Gasteiger partial charge on any atom is 0.269 e. The number of fused-ring (bicyclic) bond motifs is 1. The Kier molecular flexibility index (Phi) is 9.44. The highest BCUT2D eigenvalue weighted by Crippen LogP contribution is 2.47. The van der Waals surface area contributed by atoms with E-state index in [1.54, 1.807) is 28.8 Å². The second-order valence-electron chi connectivity index (χ2n) is 12.1. The van der Waals surface area contributed by atoms with Gasteiger partial charge in [-0.15, -0.1) is 5.10 Å². The Bertz CT molecular complexity index is 1840. The van der Waals surface area contributed by atoms with E-state index in [1.165, 1.54) is 23.1 Å². The molecular weight excluding hydrogens is 614 g/mol. The first-order valence-corrected chi connectivity index (χ1v) is 15.9. The predicted molar refractivity (Wildman–Crippen MR) is 178 cm³/mol. The highest BCUT2D eigenvalue weighted by Gasteiger charge is 2.53. The molecule has 1 aromatic heterocycles. The van der Waals surface area contributed by atoms with E-state index >= 15 is 0 Å². The van der Waals surface area contributed by atoms with E-state index in [9.17, 15) is 29.9 Å². The van der Waals surface area contributed by atoms with E-state index in [0.717, 1.165) is 11.1 Å². The van der Waals surface area contributed by atoms with Crippen molar-refractivity contribution in [3.8, 4) is 0 Å². The minimum Gasteiger partial charge on any atom is -0.395 e. The lowest BCUT2D eigenvalue weighted by molar-refractivity contribution is -0.385. The van der Waals surface area contributed by atoms with Crippen molar-refractivity contribution in [1.29, 1.82) is 0 Å². The Morgan fingerprint density at radius 1 is 1.10 bits per heavy atom. The molecule has 3 atom stereocenters. The lowest BCUT2D eigenvalue weighted by Crippen LogP contribution is -2.48. The van der Waals surface area contributed by atoms with Crippen LogP contribution in [0.5, 0.6) is 0 Å². The molecule has 3 N–H and O–H groups in total. The summed E-state index contributed by atoms with van der Waals surface area (Å²) in [4.78, 5) is 40.8. The van der Waals surface area contributed by atoms with Crippen molar-refractivity contribution in [1.82, 2.24) is 20.3 Å². The average molecular weight is 652 g/mol. The maximum absolute atomic E-state index is 14.1. The molecule has 1 unspecified atom stereocenters. The van der Waals surface area contributed by atoms with Crippen molar-refractivity contribution < 1.29 is 24.7 Å². The van der Waals surface area contributed by atoms with Crippen LogP contribution >= 0.6 is 0 Å². The van der Waals surface area contributed by atoms with Crippen molar-refractivity contribution in [2.24, 2.45) is 5.92 Å². The molecule has 48 heavy (non-hydrogen) atoms. The minimum absolute atomic E-state index is 0.0471. The fraction of sp³-hybridized carbons (Fsp3) is 0.314. The Morgan fingerprint density at radius 2 is 1.92 bits per heavy atom. The number of hydrogen-bond acceptors (Lipinski definition) is 9. The molecule has 248 valence electrons. The predicted octanol–water partition coefficient (Wildman–Crippen LogP) is 3.26. The number of non-ortho nitro benzene ring substituents is 1. The zero-order chi connectivity index (χ0) is 33.8. The van der Waals surface area contributed by atoms with E-state index in [-0.39, 0.29) is 42.8 Å². The van der Waals surface area contributed by atoms with Gasteiger partial charge >= 0.3 is 0 Å². The number of benzene rings is 3. The zero-order valence-electron chi connectivity index (χ0n) is 26.5. The third kappa shape index (κ3) is 6.35. The Balaban J connectivity index is 1.19.